The van der Waals surface area contributed by atoms with Crippen LogP contribution in [0.3, 0.4) is 0 Å². The molecule has 1 aliphatic rings. The molecule has 168 valence electrons. The van der Waals surface area contributed by atoms with Crippen LogP contribution < -0.4 is 14.8 Å². The Morgan fingerprint density at radius 1 is 0.844 bits per heavy atom. The van der Waals surface area contributed by atoms with Crippen LogP contribution in [-0.2, 0) is 13.2 Å². The molecular weight excluding hydrogens is 422 g/mol. The van der Waals surface area contributed by atoms with Crippen LogP contribution in [-0.4, -0.2) is 17.7 Å². The lowest BCUT2D eigenvalue weighted by atomic mass is 10.1. The third-order valence-corrected chi connectivity index (χ3v) is 6.26. The molecule has 5 heteroatoms. The smallest absolute Gasteiger partial charge is 0.180 e. The van der Waals surface area contributed by atoms with E-state index in [1.807, 2.05) is 72.8 Å². The summed E-state index contributed by atoms with van der Waals surface area (Å²) >= 11 is 6.76. The lowest BCUT2D eigenvalue weighted by Crippen LogP contribution is -2.30. The van der Waals surface area contributed by atoms with E-state index >= 15 is 0 Å². The molecule has 0 aromatic heterocycles. The summed E-state index contributed by atoms with van der Waals surface area (Å²) < 4.78 is 12.2. The molecule has 3 aromatic rings. The van der Waals surface area contributed by atoms with Crippen LogP contribution in [0.1, 0.15) is 48.5 Å². The van der Waals surface area contributed by atoms with Crippen LogP contribution in [0.4, 0.5) is 0 Å². The second-order valence-electron chi connectivity index (χ2n) is 8.25. The Labute approximate surface area is 195 Å². The minimum atomic E-state index is -0.717. The Balaban J connectivity index is 1.51. The molecule has 0 saturated heterocycles. The number of aliphatic hydroxyl groups excluding tert-OH is 1. The lowest BCUT2D eigenvalue weighted by molar-refractivity contribution is 0.169. The van der Waals surface area contributed by atoms with Gasteiger partial charge in [-0.25, -0.2) is 0 Å². The maximum absolute atomic E-state index is 10.8. The predicted octanol–water partition coefficient (Wildman–Crippen LogP) is 6.06. The molecule has 1 atom stereocenters. The van der Waals surface area contributed by atoms with Crippen molar-refractivity contribution in [3.05, 3.63) is 94.5 Å². The van der Waals surface area contributed by atoms with Gasteiger partial charge >= 0.3 is 0 Å². The van der Waals surface area contributed by atoms with Crippen LogP contribution >= 0.6 is 11.6 Å². The van der Waals surface area contributed by atoms with E-state index in [1.54, 1.807) is 0 Å². The number of hydrogen-bond donors (Lipinski definition) is 2. The van der Waals surface area contributed by atoms with Gasteiger partial charge in [-0.15, -0.1) is 0 Å². The highest BCUT2D eigenvalue weighted by Crippen LogP contribution is 2.41. The zero-order chi connectivity index (χ0) is 22.2. The van der Waals surface area contributed by atoms with Gasteiger partial charge in [-0.05, 0) is 30.0 Å². The molecule has 1 saturated carbocycles. The standard InChI is InChI=1S/C27H30ClNO3/c28-26-23(24(30)17-29-22-13-7-8-14-22)15-16-25(31-18-20-9-3-1-4-10-20)27(26)32-19-21-11-5-2-6-12-21/h1-6,9-12,15-16,22,24,29-30H,7-8,13-14,17-19H2. The van der Waals surface area contributed by atoms with E-state index in [4.69, 9.17) is 21.1 Å². The van der Waals surface area contributed by atoms with E-state index in [2.05, 4.69) is 5.32 Å². The second kappa shape index (κ2) is 11.4. The molecule has 1 aliphatic carbocycles. The van der Waals surface area contributed by atoms with Crippen molar-refractivity contribution in [2.45, 2.75) is 51.0 Å². The maximum Gasteiger partial charge on any atom is 0.180 e. The fourth-order valence-electron chi connectivity index (χ4n) is 4.04. The quantitative estimate of drug-likeness (QED) is 0.393. The van der Waals surface area contributed by atoms with Gasteiger partial charge in [-0.1, -0.05) is 91.2 Å². The number of nitrogens with one attached hydrogen (secondary N) is 1. The third kappa shape index (κ3) is 6.04. The molecule has 1 fully saturated rings. The molecule has 0 radical (unpaired) electrons. The SMILES string of the molecule is OC(CNC1CCCC1)c1ccc(OCc2ccccc2)c(OCc2ccccc2)c1Cl. The van der Waals surface area contributed by atoms with Crippen molar-refractivity contribution in [1.82, 2.24) is 5.32 Å². The van der Waals surface area contributed by atoms with E-state index in [0.29, 0.717) is 47.9 Å². The second-order valence-corrected chi connectivity index (χ2v) is 8.63. The highest BCUT2D eigenvalue weighted by molar-refractivity contribution is 6.33. The van der Waals surface area contributed by atoms with Gasteiger partial charge in [0.2, 0.25) is 0 Å². The first-order valence-corrected chi connectivity index (χ1v) is 11.7. The van der Waals surface area contributed by atoms with Gasteiger partial charge in [0.15, 0.2) is 11.5 Å². The topological polar surface area (TPSA) is 50.7 Å². The summed E-state index contributed by atoms with van der Waals surface area (Å²) in [4.78, 5) is 0. The average molecular weight is 452 g/mol. The molecule has 32 heavy (non-hydrogen) atoms. The largest absolute Gasteiger partial charge is 0.485 e. The Morgan fingerprint density at radius 3 is 2.06 bits per heavy atom. The van der Waals surface area contributed by atoms with E-state index in [1.165, 1.54) is 12.8 Å². The van der Waals surface area contributed by atoms with Crippen LogP contribution in [0.5, 0.6) is 11.5 Å². The van der Waals surface area contributed by atoms with Crippen molar-refractivity contribution in [1.29, 1.82) is 0 Å². The number of hydrogen-bond acceptors (Lipinski definition) is 4. The first kappa shape index (κ1) is 22.7. The molecular formula is C27H30ClNO3. The zero-order valence-electron chi connectivity index (χ0n) is 18.2. The van der Waals surface area contributed by atoms with E-state index in [0.717, 1.165) is 24.0 Å². The molecule has 3 aromatic carbocycles. The zero-order valence-corrected chi connectivity index (χ0v) is 18.9. The summed E-state index contributed by atoms with van der Waals surface area (Å²) in [5.74, 6) is 1.03. The van der Waals surface area contributed by atoms with Gasteiger partial charge in [0.25, 0.3) is 0 Å². The van der Waals surface area contributed by atoms with Crippen LogP contribution in [0.2, 0.25) is 5.02 Å². The molecule has 4 rings (SSSR count). The van der Waals surface area contributed by atoms with Gasteiger partial charge in [0.1, 0.15) is 13.2 Å². The first-order valence-electron chi connectivity index (χ1n) is 11.3. The first-order chi connectivity index (χ1) is 15.7. The lowest BCUT2D eigenvalue weighted by Gasteiger charge is -2.21. The predicted molar refractivity (Wildman–Crippen MR) is 128 cm³/mol. The molecule has 0 spiro atoms. The van der Waals surface area contributed by atoms with Crippen molar-refractivity contribution >= 4 is 11.6 Å². The van der Waals surface area contributed by atoms with Crippen molar-refractivity contribution < 1.29 is 14.6 Å². The molecule has 0 amide bonds. The molecule has 1 unspecified atom stereocenters. The Kier molecular flexibility index (Phi) is 8.05. The summed E-state index contributed by atoms with van der Waals surface area (Å²) in [5.41, 5.74) is 2.74. The van der Waals surface area contributed by atoms with E-state index in [-0.39, 0.29) is 0 Å². The van der Waals surface area contributed by atoms with Gasteiger partial charge < -0.3 is 19.9 Å². The molecule has 0 heterocycles. The summed E-state index contributed by atoms with van der Waals surface area (Å²) in [6.07, 6.45) is 4.11. The highest BCUT2D eigenvalue weighted by atomic mass is 35.5. The molecule has 0 bridgehead atoms. The summed E-state index contributed by atoms with van der Waals surface area (Å²) in [6.45, 7) is 1.23. The highest BCUT2D eigenvalue weighted by Gasteiger charge is 2.22. The minimum Gasteiger partial charge on any atom is -0.485 e. The fraction of sp³-hybridized carbons (Fsp3) is 0.333. The summed E-state index contributed by atoms with van der Waals surface area (Å²) in [7, 11) is 0. The number of aliphatic hydroxyl groups is 1. The van der Waals surface area contributed by atoms with E-state index < -0.39 is 6.10 Å². The number of ether oxygens (including phenoxy) is 2. The Morgan fingerprint density at radius 2 is 1.44 bits per heavy atom. The molecule has 0 aliphatic heterocycles. The van der Waals surface area contributed by atoms with Crippen LogP contribution in [0.15, 0.2) is 72.8 Å². The Bertz CT molecular complexity index is 975. The average Bonchev–Trinajstić information content (AvgIpc) is 3.36. The molecule has 4 nitrogen and oxygen atoms in total. The van der Waals surface area contributed by atoms with Crippen LogP contribution in [0.25, 0.3) is 0 Å². The van der Waals surface area contributed by atoms with Gasteiger partial charge in [0.05, 0.1) is 11.1 Å². The fourth-order valence-corrected chi connectivity index (χ4v) is 4.38. The third-order valence-electron chi connectivity index (χ3n) is 5.87. The number of rotatable bonds is 10. The number of benzene rings is 3. The monoisotopic (exact) mass is 451 g/mol. The maximum atomic E-state index is 10.8. The van der Waals surface area contributed by atoms with Crippen LogP contribution in [0, 0.1) is 0 Å². The van der Waals surface area contributed by atoms with Gasteiger partial charge in [-0.3, -0.25) is 0 Å². The van der Waals surface area contributed by atoms with Gasteiger partial charge in [-0.2, -0.15) is 0 Å². The van der Waals surface area contributed by atoms with E-state index in [9.17, 15) is 5.11 Å². The van der Waals surface area contributed by atoms with Crippen molar-refractivity contribution in [3.63, 3.8) is 0 Å². The van der Waals surface area contributed by atoms with Gasteiger partial charge in [0, 0.05) is 18.2 Å². The molecule has 2 N–H and O–H groups in total. The summed E-state index contributed by atoms with van der Waals surface area (Å²) in [6, 6.07) is 24.0. The summed E-state index contributed by atoms with van der Waals surface area (Å²) in [5, 5.41) is 14.7. The minimum absolute atomic E-state index is 0.363. The Hall–Kier alpha value is -2.53. The van der Waals surface area contributed by atoms with Crippen molar-refractivity contribution in [2.24, 2.45) is 0 Å². The number of halogens is 1. The van der Waals surface area contributed by atoms with Crippen molar-refractivity contribution in [3.8, 4) is 11.5 Å². The normalized spacial score (nSPS) is 14.9. The van der Waals surface area contributed by atoms with Crippen molar-refractivity contribution in [2.75, 3.05) is 6.54 Å².